The molecule has 0 unspecified atom stereocenters. The predicted molar refractivity (Wildman–Crippen MR) is 51.7 cm³/mol. The summed E-state index contributed by atoms with van der Waals surface area (Å²) >= 11 is 0. The van der Waals surface area contributed by atoms with E-state index < -0.39 is 0 Å². The van der Waals surface area contributed by atoms with Crippen molar-refractivity contribution in [1.29, 1.82) is 0 Å². The first-order valence-corrected chi connectivity index (χ1v) is 4.37. The summed E-state index contributed by atoms with van der Waals surface area (Å²) in [4.78, 5) is 0. The van der Waals surface area contributed by atoms with Crippen LogP contribution in [0.15, 0.2) is 18.2 Å². The van der Waals surface area contributed by atoms with Gasteiger partial charge in [-0.25, -0.2) is 4.39 Å². The molecule has 72 valence electrons. The zero-order chi connectivity index (χ0) is 9.84. The first-order chi connectivity index (χ1) is 6.15. The Labute approximate surface area is 77.7 Å². The second kappa shape index (κ2) is 4.35. The number of benzene rings is 1. The molecule has 1 aromatic rings. The fraction of sp³-hybridized carbons (Fsp3) is 0.400. The number of aryl methyl sites for hydroxylation is 1. The number of rotatable bonds is 3. The van der Waals surface area contributed by atoms with E-state index in [0.29, 0.717) is 12.1 Å². The van der Waals surface area contributed by atoms with Crippen molar-refractivity contribution in [2.75, 3.05) is 6.54 Å². The van der Waals surface area contributed by atoms with Gasteiger partial charge in [-0.1, -0.05) is 12.1 Å². The third-order valence-corrected chi connectivity index (χ3v) is 2.09. The van der Waals surface area contributed by atoms with Gasteiger partial charge in [0.15, 0.2) is 0 Å². The molecule has 3 heteroatoms. The normalized spacial score (nSPS) is 12.9. The zero-order valence-electron chi connectivity index (χ0n) is 7.76. The van der Waals surface area contributed by atoms with E-state index in [1.807, 2.05) is 0 Å². The quantitative estimate of drug-likeness (QED) is 0.744. The van der Waals surface area contributed by atoms with Crippen LogP contribution in [0.3, 0.4) is 0 Å². The summed E-state index contributed by atoms with van der Waals surface area (Å²) in [6.07, 6.45) is 0.727. The van der Waals surface area contributed by atoms with Crippen molar-refractivity contribution in [2.24, 2.45) is 11.5 Å². The second-order valence-corrected chi connectivity index (χ2v) is 3.19. The van der Waals surface area contributed by atoms with Gasteiger partial charge in [-0.05, 0) is 37.1 Å². The smallest absolute Gasteiger partial charge is 0.126 e. The minimum absolute atomic E-state index is 0.0794. The Hall–Kier alpha value is -0.930. The lowest BCUT2D eigenvalue weighted by Crippen LogP contribution is -2.15. The van der Waals surface area contributed by atoms with Crippen LogP contribution in [0.1, 0.15) is 23.6 Å². The van der Waals surface area contributed by atoms with Crippen LogP contribution in [0, 0.1) is 12.7 Å². The lowest BCUT2D eigenvalue weighted by atomic mass is 10.0. The summed E-state index contributed by atoms with van der Waals surface area (Å²) in [7, 11) is 0. The van der Waals surface area contributed by atoms with E-state index in [0.717, 1.165) is 12.0 Å². The van der Waals surface area contributed by atoms with Gasteiger partial charge in [-0.2, -0.15) is 0 Å². The van der Waals surface area contributed by atoms with Crippen molar-refractivity contribution in [2.45, 2.75) is 19.4 Å². The molecule has 0 saturated heterocycles. The first kappa shape index (κ1) is 10.2. The number of hydrogen-bond acceptors (Lipinski definition) is 2. The Morgan fingerprint density at radius 3 is 2.69 bits per heavy atom. The lowest BCUT2D eigenvalue weighted by molar-refractivity contribution is 0.611. The summed E-state index contributed by atoms with van der Waals surface area (Å²) in [5.41, 5.74) is 12.8. The van der Waals surface area contributed by atoms with Gasteiger partial charge < -0.3 is 11.5 Å². The van der Waals surface area contributed by atoms with Gasteiger partial charge in [0.1, 0.15) is 5.82 Å². The predicted octanol–water partition coefficient (Wildman–Crippen LogP) is 1.48. The van der Waals surface area contributed by atoms with Gasteiger partial charge in [0.25, 0.3) is 0 Å². The van der Waals surface area contributed by atoms with Crippen molar-refractivity contribution in [1.82, 2.24) is 0 Å². The summed E-state index contributed by atoms with van der Waals surface area (Å²) in [5, 5.41) is 0. The Morgan fingerprint density at radius 2 is 2.15 bits per heavy atom. The molecular weight excluding hydrogens is 167 g/mol. The van der Waals surface area contributed by atoms with Crippen LogP contribution in [-0.4, -0.2) is 6.54 Å². The Bertz CT molecular complexity index is 286. The molecule has 0 spiro atoms. The fourth-order valence-electron chi connectivity index (χ4n) is 1.24. The van der Waals surface area contributed by atoms with E-state index in [4.69, 9.17) is 11.5 Å². The molecule has 0 aromatic heterocycles. The average Bonchev–Trinajstić information content (AvgIpc) is 2.10. The molecule has 0 saturated carbocycles. The highest BCUT2D eigenvalue weighted by Gasteiger charge is 2.06. The molecule has 0 amide bonds. The Balaban J connectivity index is 2.84. The zero-order valence-corrected chi connectivity index (χ0v) is 7.76. The Kier molecular flexibility index (Phi) is 3.39. The Morgan fingerprint density at radius 1 is 1.46 bits per heavy atom. The molecule has 0 bridgehead atoms. The van der Waals surface area contributed by atoms with Gasteiger partial charge in [0, 0.05) is 6.04 Å². The summed E-state index contributed by atoms with van der Waals surface area (Å²) in [6.45, 7) is 2.28. The van der Waals surface area contributed by atoms with Crippen molar-refractivity contribution in [3.8, 4) is 0 Å². The number of nitrogens with two attached hydrogens (primary N) is 2. The van der Waals surface area contributed by atoms with Crippen LogP contribution < -0.4 is 11.5 Å². The summed E-state index contributed by atoms with van der Waals surface area (Å²) in [6, 6.07) is 4.85. The third-order valence-electron chi connectivity index (χ3n) is 2.09. The van der Waals surface area contributed by atoms with Crippen LogP contribution in [0.25, 0.3) is 0 Å². The monoisotopic (exact) mass is 182 g/mol. The molecule has 4 N–H and O–H groups in total. The van der Waals surface area contributed by atoms with Gasteiger partial charge in [0.2, 0.25) is 0 Å². The molecular formula is C10H15FN2. The minimum atomic E-state index is -0.191. The van der Waals surface area contributed by atoms with E-state index in [1.165, 1.54) is 6.07 Å². The summed E-state index contributed by atoms with van der Waals surface area (Å²) < 4.78 is 12.9. The molecule has 0 fully saturated rings. The molecule has 13 heavy (non-hydrogen) atoms. The summed E-state index contributed by atoms with van der Waals surface area (Å²) in [5.74, 6) is -0.191. The second-order valence-electron chi connectivity index (χ2n) is 3.19. The lowest BCUT2D eigenvalue weighted by Gasteiger charge is -2.11. The van der Waals surface area contributed by atoms with Crippen molar-refractivity contribution < 1.29 is 4.39 Å². The van der Waals surface area contributed by atoms with Crippen molar-refractivity contribution in [3.63, 3.8) is 0 Å². The minimum Gasteiger partial charge on any atom is -0.330 e. The number of hydrogen-bond donors (Lipinski definition) is 2. The van der Waals surface area contributed by atoms with E-state index in [9.17, 15) is 4.39 Å². The van der Waals surface area contributed by atoms with Crippen LogP contribution in [0.4, 0.5) is 4.39 Å². The number of halogens is 1. The van der Waals surface area contributed by atoms with Gasteiger partial charge in [-0.3, -0.25) is 0 Å². The van der Waals surface area contributed by atoms with Crippen molar-refractivity contribution in [3.05, 3.63) is 35.1 Å². The van der Waals surface area contributed by atoms with E-state index in [-0.39, 0.29) is 11.9 Å². The maximum atomic E-state index is 12.9. The van der Waals surface area contributed by atoms with Gasteiger partial charge in [0.05, 0.1) is 0 Å². The molecule has 0 aliphatic carbocycles. The van der Waals surface area contributed by atoms with Crippen LogP contribution in [0.5, 0.6) is 0 Å². The SMILES string of the molecule is Cc1cc([C@H](N)CCN)ccc1F. The highest BCUT2D eigenvalue weighted by Crippen LogP contribution is 2.16. The molecule has 1 atom stereocenters. The molecule has 0 radical (unpaired) electrons. The van der Waals surface area contributed by atoms with E-state index >= 15 is 0 Å². The maximum absolute atomic E-state index is 12.9. The molecule has 0 heterocycles. The fourth-order valence-corrected chi connectivity index (χ4v) is 1.24. The molecule has 1 rings (SSSR count). The average molecular weight is 182 g/mol. The van der Waals surface area contributed by atoms with Crippen LogP contribution in [0.2, 0.25) is 0 Å². The highest BCUT2D eigenvalue weighted by atomic mass is 19.1. The molecule has 1 aromatic carbocycles. The first-order valence-electron chi connectivity index (χ1n) is 4.37. The topological polar surface area (TPSA) is 52.0 Å². The van der Waals surface area contributed by atoms with Crippen LogP contribution in [-0.2, 0) is 0 Å². The van der Waals surface area contributed by atoms with Crippen molar-refractivity contribution >= 4 is 0 Å². The standard InChI is InChI=1S/C10H15FN2/c1-7-6-8(2-3-9(7)11)10(13)4-5-12/h2-3,6,10H,4-5,12-13H2,1H3/t10-/m1/s1. The largest absolute Gasteiger partial charge is 0.330 e. The molecule has 0 aliphatic rings. The molecule has 0 aliphatic heterocycles. The molecule has 2 nitrogen and oxygen atoms in total. The van der Waals surface area contributed by atoms with Gasteiger partial charge in [-0.15, -0.1) is 0 Å². The van der Waals surface area contributed by atoms with Gasteiger partial charge >= 0.3 is 0 Å². The highest BCUT2D eigenvalue weighted by molar-refractivity contribution is 5.26. The van der Waals surface area contributed by atoms with E-state index in [1.54, 1.807) is 19.1 Å². The maximum Gasteiger partial charge on any atom is 0.126 e. The third kappa shape index (κ3) is 2.50. The van der Waals surface area contributed by atoms with Crippen LogP contribution >= 0.6 is 0 Å². The van der Waals surface area contributed by atoms with E-state index in [2.05, 4.69) is 0 Å².